The van der Waals surface area contributed by atoms with E-state index in [9.17, 15) is 13.2 Å². The van der Waals surface area contributed by atoms with E-state index in [1.165, 1.54) is 16.8 Å². The molecule has 0 unspecified atom stereocenters. The fourth-order valence-corrected chi connectivity index (χ4v) is 2.22. The number of aromatic nitrogens is 4. The lowest BCUT2D eigenvalue weighted by atomic mass is 10.2. The molecule has 0 saturated heterocycles. The van der Waals surface area contributed by atoms with Crippen molar-refractivity contribution in [2.24, 2.45) is 0 Å². The van der Waals surface area contributed by atoms with Crippen LogP contribution >= 0.6 is 0 Å². The third-order valence-corrected chi connectivity index (χ3v) is 3.29. The smallest absolute Gasteiger partial charge is 0.395 e. The van der Waals surface area contributed by atoms with Gasteiger partial charge >= 0.3 is 6.18 Å². The summed E-state index contributed by atoms with van der Waals surface area (Å²) < 4.78 is 39.2. The molecule has 0 fully saturated rings. The molecule has 0 spiro atoms. The topological polar surface area (TPSA) is 67.1 Å². The molecule has 1 aromatic carbocycles. The van der Waals surface area contributed by atoms with E-state index >= 15 is 0 Å². The van der Waals surface area contributed by atoms with Crippen LogP contribution in [0.1, 0.15) is 24.7 Å². The molecule has 0 bridgehead atoms. The number of hydrogen-bond donors (Lipinski definition) is 1. The Bertz CT molecular complexity index is 606. The van der Waals surface area contributed by atoms with Crippen LogP contribution in [0.2, 0.25) is 0 Å². The molecule has 0 amide bonds. The van der Waals surface area contributed by atoms with Gasteiger partial charge in [-0.25, -0.2) is 0 Å². The van der Waals surface area contributed by atoms with E-state index in [4.69, 9.17) is 5.11 Å². The zero-order valence-corrected chi connectivity index (χ0v) is 12.7. The van der Waals surface area contributed by atoms with Crippen LogP contribution < -0.4 is 0 Å². The average molecular weight is 329 g/mol. The number of nitrogens with zero attached hydrogens (tertiary/aromatic N) is 5. The van der Waals surface area contributed by atoms with Crippen LogP contribution in [0.25, 0.3) is 5.69 Å². The van der Waals surface area contributed by atoms with E-state index < -0.39 is 11.7 Å². The monoisotopic (exact) mass is 329 g/mol. The summed E-state index contributed by atoms with van der Waals surface area (Å²) >= 11 is 0. The predicted molar refractivity (Wildman–Crippen MR) is 76.8 cm³/mol. The summed E-state index contributed by atoms with van der Waals surface area (Å²) in [6, 6.07) is 4.66. The number of hydrogen-bond acceptors (Lipinski definition) is 5. The molecule has 0 aliphatic carbocycles. The quantitative estimate of drug-likeness (QED) is 0.840. The van der Waals surface area contributed by atoms with Crippen LogP contribution in [0, 0.1) is 0 Å². The zero-order valence-electron chi connectivity index (χ0n) is 12.7. The summed E-state index contributed by atoms with van der Waals surface area (Å²) in [6.07, 6.45) is -3.47. The van der Waals surface area contributed by atoms with Crippen LogP contribution in [0.5, 0.6) is 0 Å². The number of rotatable bonds is 7. The molecule has 0 aliphatic rings. The first-order valence-electron chi connectivity index (χ1n) is 7.23. The second kappa shape index (κ2) is 7.51. The van der Waals surface area contributed by atoms with Crippen molar-refractivity contribution in [3.05, 3.63) is 35.7 Å². The van der Waals surface area contributed by atoms with Gasteiger partial charge in [0.05, 0.1) is 24.4 Å². The molecule has 0 atom stereocenters. The maximum absolute atomic E-state index is 12.6. The highest BCUT2D eigenvalue weighted by molar-refractivity contribution is 5.35. The Labute approximate surface area is 131 Å². The highest BCUT2D eigenvalue weighted by Crippen LogP contribution is 2.29. The molecule has 1 N–H and O–H groups in total. The van der Waals surface area contributed by atoms with E-state index in [1.807, 2.05) is 11.8 Å². The molecule has 2 aromatic rings. The number of aliphatic hydroxyl groups excluding tert-OH is 1. The van der Waals surface area contributed by atoms with Crippen molar-refractivity contribution in [1.29, 1.82) is 0 Å². The summed E-state index contributed by atoms with van der Waals surface area (Å²) in [5.74, 6) is 0.506. The minimum atomic E-state index is -4.37. The van der Waals surface area contributed by atoms with Gasteiger partial charge in [-0.15, -0.1) is 5.10 Å². The van der Waals surface area contributed by atoms with Crippen LogP contribution in [0.15, 0.2) is 24.3 Å². The van der Waals surface area contributed by atoms with E-state index in [1.54, 1.807) is 0 Å². The first kappa shape index (κ1) is 17.4. The van der Waals surface area contributed by atoms with E-state index in [2.05, 4.69) is 15.5 Å². The number of tetrazole rings is 1. The minimum Gasteiger partial charge on any atom is -0.395 e. The highest BCUT2D eigenvalue weighted by atomic mass is 19.4. The van der Waals surface area contributed by atoms with Gasteiger partial charge in [-0.2, -0.15) is 17.9 Å². The van der Waals surface area contributed by atoms with Gasteiger partial charge in [0, 0.05) is 6.54 Å². The van der Waals surface area contributed by atoms with Gasteiger partial charge in [0.25, 0.3) is 0 Å². The minimum absolute atomic E-state index is 0.0157. The molecule has 0 aliphatic heterocycles. The molecule has 126 valence electrons. The Morgan fingerprint density at radius 2 is 1.87 bits per heavy atom. The Hall–Kier alpha value is -2.00. The molecular formula is C14H18F3N5O. The van der Waals surface area contributed by atoms with E-state index in [0.717, 1.165) is 25.1 Å². The summed E-state index contributed by atoms with van der Waals surface area (Å²) in [7, 11) is 0. The fourth-order valence-electron chi connectivity index (χ4n) is 2.22. The van der Waals surface area contributed by atoms with Gasteiger partial charge in [-0.05, 0) is 47.7 Å². The molecule has 0 saturated carbocycles. The van der Waals surface area contributed by atoms with Crippen LogP contribution in [-0.2, 0) is 12.7 Å². The number of alkyl halides is 3. The average Bonchev–Trinajstić information content (AvgIpc) is 2.95. The lowest BCUT2D eigenvalue weighted by Gasteiger charge is -2.19. The molecule has 1 aromatic heterocycles. The third kappa shape index (κ3) is 4.49. The lowest BCUT2D eigenvalue weighted by Crippen LogP contribution is -2.28. The number of aliphatic hydroxyl groups is 1. The van der Waals surface area contributed by atoms with Gasteiger partial charge < -0.3 is 5.11 Å². The Balaban J connectivity index is 2.20. The van der Waals surface area contributed by atoms with Gasteiger partial charge in [0.15, 0.2) is 5.82 Å². The first-order chi connectivity index (χ1) is 11.0. The molecule has 0 radical (unpaired) electrons. The van der Waals surface area contributed by atoms with Crippen molar-refractivity contribution in [3.63, 3.8) is 0 Å². The maximum Gasteiger partial charge on any atom is 0.416 e. The maximum atomic E-state index is 12.6. The third-order valence-electron chi connectivity index (χ3n) is 3.29. The predicted octanol–water partition coefficient (Wildman–Crippen LogP) is 1.89. The molecule has 1 heterocycles. The Kier molecular flexibility index (Phi) is 5.67. The van der Waals surface area contributed by atoms with Gasteiger partial charge in [-0.1, -0.05) is 6.92 Å². The van der Waals surface area contributed by atoms with Crippen molar-refractivity contribution in [2.45, 2.75) is 26.1 Å². The van der Waals surface area contributed by atoms with Crippen LogP contribution in [0.3, 0.4) is 0 Å². The first-order valence-corrected chi connectivity index (χ1v) is 7.23. The number of halogens is 3. The second-order valence-corrected chi connectivity index (χ2v) is 5.05. The van der Waals surface area contributed by atoms with Crippen molar-refractivity contribution < 1.29 is 18.3 Å². The summed E-state index contributed by atoms with van der Waals surface area (Å²) in [5.41, 5.74) is -0.262. The van der Waals surface area contributed by atoms with Gasteiger partial charge in [-0.3, -0.25) is 4.90 Å². The molecular weight excluding hydrogens is 311 g/mol. The molecule has 9 heteroatoms. The summed E-state index contributed by atoms with van der Waals surface area (Å²) in [4.78, 5) is 1.98. The van der Waals surface area contributed by atoms with Crippen molar-refractivity contribution in [3.8, 4) is 5.69 Å². The molecule has 6 nitrogen and oxygen atoms in total. The van der Waals surface area contributed by atoms with E-state index in [-0.39, 0.29) is 6.61 Å². The van der Waals surface area contributed by atoms with Crippen molar-refractivity contribution in [1.82, 2.24) is 25.1 Å². The van der Waals surface area contributed by atoms with Crippen LogP contribution in [-0.4, -0.2) is 49.9 Å². The Morgan fingerprint density at radius 3 is 2.43 bits per heavy atom. The highest BCUT2D eigenvalue weighted by Gasteiger charge is 2.30. The van der Waals surface area contributed by atoms with E-state index in [0.29, 0.717) is 24.6 Å². The van der Waals surface area contributed by atoms with Crippen molar-refractivity contribution >= 4 is 0 Å². The molecule has 23 heavy (non-hydrogen) atoms. The largest absolute Gasteiger partial charge is 0.416 e. The number of benzene rings is 1. The summed E-state index contributed by atoms with van der Waals surface area (Å²) in [6.45, 7) is 3.68. The standard InChI is InChI=1S/C14H18F3N5O/c1-2-7-21(8-9-23)10-13-18-19-20-22(13)12-5-3-11(4-6-12)14(15,16)17/h3-6,23H,2,7-10H2,1H3. The summed E-state index contributed by atoms with van der Waals surface area (Å²) in [5, 5.41) is 20.4. The van der Waals surface area contributed by atoms with Crippen molar-refractivity contribution in [2.75, 3.05) is 19.7 Å². The second-order valence-electron chi connectivity index (χ2n) is 5.05. The fraction of sp³-hybridized carbons (Fsp3) is 0.500. The SMILES string of the molecule is CCCN(CCO)Cc1nnnn1-c1ccc(C(F)(F)F)cc1. The lowest BCUT2D eigenvalue weighted by molar-refractivity contribution is -0.137. The molecule has 2 rings (SSSR count). The normalized spacial score (nSPS) is 12.1. The van der Waals surface area contributed by atoms with Gasteiger partial charge in [0.1, 0.15) is 0 Å². The zero-order chi connectivity index (χ0) is 16.9. The van der Waals surface area contributed by atoms with Crippen LogP contribution in [0.4, 0.5) is 13.2 Å². The Morgan fingerprint density at radius 1 is 1.17 bits per heavy atom. The van der Waals surface area contributed by atoms with Gasteiger partial charge in [0.2, 0.25) is 0 Å².